The lowest BCUT2D eigenvalue weighted by Gasteiger charge is -2.23. The van der Waals surface area contributed by atoms with E-state index in [0.717, 1.165) is 23.8 Å². The molecule has 0 aliphatic rings. The van der Waals surface area contributed by atoms with Gasteiger partial charge in [-0.2, -0.15) is 5.10 Å². The van der Waals surface area contributed by atoms with E-state index in [4.69, 9.17) is 0 Å². The van der Waals surface area contributed by atoms with E-state index in [1.807, 2.05) is 29.1 Å². The third-order valence-electron chi connectivity index (χ3n) is 2.94. The van der Waals surface area contributed by atoms with Gasteiger partial charge in [0.15, 0.2) is 5.96 Å². The molecule has 5 heteroatoms. The molecule has 22 heavy (non-hydrogen) atoms. The Bertz CT molecular complexity index is 608. The van der Waals surface area contributed by atoms with Crippen molar-refractivity contribution in [3.63, 3.8) is 0 Å². The van der Waals surface area contributed by atoms with Gasteiger partial charge in [-0.15, -0.1) is 0 Å². The number of nitrogens with one attached hydrogen (secondary N) is 2. The summed E-state index contributed by atoms with van der Waals surface area (Å²) >= 11 is 0. The zero-order valence-corrected chi connectivity index (χ0v) is 13.8. The maximum atomic E-state index is 4.66. The average Bonchev–Trinajstić information content (AvgIpc) is 2.98. The fourth-order valence-corrected chi connectivity index (χ4v) is 2.05. The van der Waals surface area contributed by atoms with Crippen molar-refractivity contribution in [2.75, 3.05) is 6.54 Å². The fourth-order valence-electron chi connectivity index (χ4n) is 2.05. The molecular formula is C17H25N5. The molecule has 5 nitrogen and oxygen atoms in total. The van der Waals surface area contributed by atoms with Gasteiger partial charge in [0.2, 0.25) is 0 Å². The van der Waals surface area contributed by atoms with Gasteiger partial charge in [-0.25, -0.2) is 9.67 Å². The summed E-state index contributed by atoms with van der Waals surface area (Å²) in [5, 5.41) is 10.9. The first-order valence-corrected chi connectivity index (χ1v) is 7.63. The van der Waals surface area contributed by atoms with Gasteiger partial charge in [0.25, 0.3) is 0 Å². The van der Waals surface area contributed by atoms with Gasteiger partial charge in [-0.3, -0.25) is 0 Å². The summed E-state index contributed by atoms with van der Waals surface area (Å²) in [6.45, 7) is 9.91. The van der Waals surface area contributed by atoms with E-state index in [0.29, 0.717) is 6.54 Å². The van der Waals surface area contributed by atoms with E-state index in [2.05, 4.69) is 60.6 Å². The van der Waals surface area contributed by atoms with Crippen LogP contribution in [0.1, 0.15) is 33.3 Å². The van der Waals surface area contributed by atoms with Crippen LogP contribution in [0.25, 0.3) is 5.69 Å². The summed E-state index contributed by atoms with van der Waals surface area (Å²) in [6.07, 6.45) is 3.72. The van der Waals surface area contributed by atoms with Crippen LogP contribution >= 0.6 is 0 Å². The zero-order chi connectivity index (χ0) is 16.0. The minimum atomic E-state index is -0.0160. The second kappa shape index (κ2) is 7.11. The summed E-state index contributed by atoms with van der Waals surface area (Å²) in [4.78, 5) is 4.66. The van der Waals surface area contributed by atoms with Crippen molar-refractivity contribution in [1.29, 1.82) is 0 Å². The number of aromatic nitrogens is 2. The quantitative estimate of drug-likeness (QED) is 0.674. The molecule has 1 aromatic heterocycles. The Balaban J connectivity index is 2.11. The predicted molar refractivity (Wildman–Crippen MR) is 91.3 cm³/mol. The van der Waals surface area contributed by atoms with E-state index >= 15 is 0 Å². The van der Waals surface area contributed by atoms with Gasteiger partial charge in [0, 0.05) is 24.5 Å². The Morgan fingerprint density at radius 1 is 1.27 bits per heavy atom. The molecule has 2 aromatic rings. The Hall–Kier alpha value is -2.30. The Morgan fingerprint density at radius 2 is 2.09 bits per heavy atom. The van der Waals surface area contributed by atoms with E-state index in [1.54, 1.807) is 6.20 Å². The summed E-state index contributed by atoms with van der Waals surface area (Å²) < 4.78 is 1.85. The lowest BCUT2D eigenvalue weighted by Crippen LogP contribution is -2.47. The first-order chi connectivity index (χ1) is 10.5. The van der Waals surface area contributed by atoms with E-state index in [-0.39, 0.29) is 5.54 Å². The van der Waals surface area contributed by atoms with Crippen LogP contribution < -0.4 is 10.6 Å². The van der Waals surface area contributed by atoms with Crippen molar-refractivity contribution in [3.8, 4) is 5.69 Å². The van der Waals surface area contributed by atoms with Crippen LogP contribution in [0.2, 0.25) is 0 Å². The van der Waals surface area contributed by atoms with Gasteiger partial charge < -0.3 is 10.6 Å². The molecule has 0 bridgehead atoms. The second-order valence-corrected chi connectivity index (χ2v) is 6.19. The normalized spacial score (nSPS) is 12.3. The van der Waals surface area contributed by atoms with Gasteiger partial charge in [-0.1, -0.05) is 12.1 Å². The Morgan fingerprint density at radius 3 is 2.73 bits per heavy atom. The SMILES string of the molecule is CCNC(=NCc1cccc(-n2cccn2)c1)NC(C)(C)C. The van der Waals surface area contributed by atoms with Crippen molar-refractivity contribution in [3.05, 3.63) is 48.3 Å². The Labute approximate surface area is 132 Å². The van der Waals surface area contributed by atoms with Crippen LogP contribution in [-0.2, 0) is 6.54 Å². The fraction of sp³-hybridized carbons (Fsp3) is 0.412. The molecule has 1 heterocycles. The molecule has 0 spiro atoms. The van der Waals surface area contributed by atoms with Crippen LogP contribution in [0.5, 0.6) is 0 Å². The number of nitrogens with zero attached hydrogens (tertiary/aromatic N) is 3. The number of hydrogen-bond acceptors (Lipinski definition) is 2. The molecule has 0 saturated heterocycles. The highest BCUT2D eigenvalue weighted by atomic mass is 15.3. The van der Waals surface area contributed by atoms with Crippen molar-refractivity contribution in [2.45, 2.75) is 39.8 Å². The molecule has 0 amide bonds. The molecule has 118 valence electrons. The molecule has 0 unspecified atom stereocenters. The van der Waals surface area contributed by atoms with Gasteiger partial charge in [0.1, 0.15) is 0 Å². The third-order valence-corrected chi connectivity index (χ3v) is 2.94. The van der Waals surface area contributed by atoms with Gasteiger partial charge in [0.05, 0.1) is 12.2 Å². The minimum Gasteiger partial charge on any atom is -0.357 e. The molecule has 0 radical (unpaired) electrons. The third kappa shape index (κ3) is 4.91. The topological polar surface area (TPSA) is 54.2 Å². The molecule has 1 aromatic carbocycles. The first-order valence-electron chi connectivity index (χ1n) is 7.63. The molecule has 0 atom stereocenters. The zero-order valence-electron chi connectivity index (χ0n) is 13.8. The lowest BCUT2D eigenvalue weighted by atomic mass is 10.1. The standard InChI is InChI=1S/C17H25N5/c1-5-18-16(21-17(2,3)4)19-13-14-8-6-9-15(12-14)22-11-7-10-20-22/h6-12H,5,13H2,1-4H3,(H2,18,19,21). The molecule has 0 aliphatic heterocycles. The molecule has 0 saturated carbocycles. The van der Waals surface area contributed by atoms with Gasteiger partial charge >= 0.3 is 0 Å². The summed E-state index contributed by atoms with van der Waals surface area (Å²) in [5.74, 6) is 0.833. The van der Waals surface area contributed by atoms with E-state index in [1.165, 1.54) is 0 Å². The maximum absolute atomic E-state index is 4.66. The second-order valence-electron chi connectivity index (χ2n) is 6.19. The van der Waals surface area contributed by atoms with Crippen LogP contribution in [0.3, 0.4) is 0 Å². The summed E-state index contributed by atoms with van der Waals surface area (Å²) in [5.41, 5.74) is 2.18. The van der Waals surface area contributed by atoms with Crippen molar-refractivity contribution in [2.24, 2.45) is 4.99 Å². The number of rotatable bonds is 4. The molecule has 2 rings (SSSR count). The molecule has 2 N–H and O–H groups in total. The molecular weight excluding hydrogens is 274 g/mol. The maximum Gasteiger partial charge on any atom is 0.191 e. The van der Waals surface area contributed by atoms with E-state index in [9.17, 15) is 0 Å². The van der Waals surface area contributed by atoms with Crippen LogP contribution in [0, 0.1) is 0 Å². The molecule has 0 fully saturated rings. The number of hydrogen-bond donors (Lipinski definition) is 2. The summed E-state index contributed by atoms with van der Waals surface area (Å²) in [7, 11) is 0. The van der Waals surface area contributed by atoms with E-state index < -0.39 is 0 Å². The number of guanidine groups is 1. The van der Waals surface area contributed by atoms with Crippen LogP contribution in [0.15, 0.2) is 47.7 Å². The van der Waals surface area contributed by atoms with Crippen LogP contribution in [0.4, 0.5) is 0 Å². The van der Waals surface area contributed by atoms with Crippen molar-refractivity contribution >= 4 is 5.96 Å². The van der Waals surface area contributed by atoms with Gasteiger partial charge in [-0.05, 0) is 51.5 Å². The average molecular weight is 299 g/mol. The lowest BCUT2D eigenvalue weighted by molar-refractivity contribution is 0.501. The number of aliphatic imine (C=N–C) groups is 1. The Kier molecular flexibility index (Phi) is 5.20. The highest BCUT2D eigenvalue weighted by molar-refractivity contribution is 5.80. The highest BCUT2D eigenvalue weighted by Crippen LogP contribution is 2.10. The van der Waals surface area contributed by atoms with Crippen molar-refractivity contribution in [1.82, 2.24) is 20.4 Å². The molecule has 0 aliphatic carbocycles. The minimum absolute atomic E-state index is 0.0160. The van der Waals surface area contributed by atoms with Crippen LogP contribution in [-0.4, -0.2) is 27.8 Å². The number of benzene rings is 1. The predicted octanol–water partition coefficient (Wildman–Crippen LogP) is 2.73. The monoisotopic (exact) mass is 299 g/mol. The highest BCUT2D eigenvalue weighted by Gasteiger charge is 2.11. The van der Waals surface area contributed by atoms with Crippen molar-refractivity contribution < 1.29 is 0 Å². The largest absolute Gasteiger partial charge is 0.357 e. The smallest absolute Gasteiger partial charge is 0.191 e. The summed E-state index contributed by atoms with van der Waals surface area (Å²) in [6, 6.07) is 10.2. The first kappa shape index (κ1) is 16.1.